The van der Waals surface area contributed by atoms with Crippen LogP contribution in [-0.4, -0.2) is 41.8 Å². The summed E-state index contributed by atoms with van der Waals surface area (Å²) in [7, 11) is 0. The predicted octanol–water partition coefficient (Wildman–Crippen LogP) is 2.84. The van der Waals surface area contributed by atoms with Crippen molar-refractivity contribution in [1.82, 2.24) is 10.3 Å². The number of carbonyl (C=O) groups is 1. The van der Waals surface area contributed by atoms with Crippen LogP contribution in [-0.2, 0) is 4.79 Å². The summed E-state index contributed by atoms with van der Waals surface area (Å²) in [5.41, 5.74) is 3.85. The van der Waals surface area contributed by atoms with E-state index < -0.39 is 0 Å². The molecule has 1 saturated carbocycles. The van der Waals surface area contributed by atoms with Crippen molar-refractivity contribution in [3.8, 4) is 5.75 Å². The number of likely N-dealkylation sites (tertiary alicyclic amines) is 1. The van der Waals surface area contributed by atoms with Gasteiger partial charge in [0.1, 0.15) is 6.10 Å². The number of hydrogen-bond donors (Lipinski definition) is 1. The van der Waals surface area contributed by atoms with E-state index in [1.54, 1.807) is 6.07 Å². The molecule has 5 nitrogen and oxygen atoms in total. The lowest BCUT2D eigenvalue weighted by Crippen LogP contribution is -2.46. The van der Waals surface area contributed by atoms with Gasteiger partial charge in [-0.2, -0.15) is 5.10 Å². The number of ether oxygens (including phenoxy) is 1. The monoisotopic (exact) mass is 345 g/mol. The van der Waals surface area contributed by atoms with Gasteiger partial charge in [-0.3, -0.25) is 4.79 Å². The van der Waals surface area contributed by atoms with E-state index in [2.05, 4.69) is 15.4 Å². The lowest BCUT2D eigenvalue weighted by molar-refractivity contribution is -0.121. The number of nitrogens with zero attached hydrogens (tertiary/aromatic N) is 2. The van der Waals surface area contributed by atoms with E-state index in [0.717, 1.165) is 32.0 Å². The maximum Gasteiger partial charge on any atom is 0.240 e. The highest BCUT2D eigenvalue weighted by atomic mass is 19.1. The molecule has 1 aliphatic carbocycles. The minimum atomic E-state index is -0.362. The quantitative estimate of drug-likeness (QED) is 0.913. The van der Waals surface area contributed by atoms with E-state index in [1.807, 2.05) is 6.07 Å². The summed E-state index contributed by atoms with van der Waals surface area (Å²) in [5, 5.41) is 4.01. The normalized spacial score (nSPS) is 22.9. The zero-order valence-electron chi connectivity index (χ0n) is 14.3. The number of piperidine rings is 1. The number of nitrogens with one attached hydrogen (secondary N) is 1. The predicted molar refractivity (Wildman–Crippen MR) is 93.2 cm³/mol. The average molecular weight is 345 g/mol. The Labute approximate surface area is 147 Å². The highest BCUT2D eigenvalue weighted by Crippen LogP contribution is 2.29. The minimum Gasteiger partial charge on any atom is -0.487 e. The molecule has 0 bridgehead atoms. The van der Waals surface area contributed by atoms with Crippen LogP contribution in [0.5, 0.6) is 5.75 Å². The molecular weight excluding hydrogens is 321 g/mol. The molecule has 1 amide bonds. The first kappa shape index (κ1) is 16.5. The van der Waals surface area contributed by atoms with Crippen LogP contribution in [0.4, 0.5) is 4.39 Å². The lowest BCUT2D eigenvalue weighted by atomic mass is 9.90. The molecule has 0 radical (unpaired) electrons. The Kier molecular flexibility index (Phi) is 4.70. The molecule has 0 atom stereocenters. The molecule has 0 unspecified atom stereocenters. The van der Waals surface area contributed by atoms with Gasteiger partial charge in [-0.15, -0.1) is 0 Å². The van der Waals surface area contributed by atoms with Gasteiger partial charge >= 0.3 is 0 Å². The molecule has 1 saturated heterocycles. The Morgan fingerprint density at radius 2 is 1.96 bits per heavy atom. The minimum absolute atomic E-state index is 0.0861. The fraction of sp³-hybridized carbons (Fsp3) is 0.579. The SMILES string of the molecule is O=C1CCC(c2ccc(OC3CCN(C4CCC4)CC3)c(F)c2)=NN1. The van der Waals surface area contributed by atoms with Gasteiger partial charge in [0.15, 0.2) is 11.6 Å². The maximum atomic E-state index is 14.4. The van der Waals surface area contributed by atoms with Crippen LogP contribution in [0, 0.1) is 5.82 Å². The Bertz CT molecular complexity index is 679. The highest BCUT2D eigenvalue weighted by Gasteiger charge is 2.29. The Balaban J connectivity index is 1.36. The summed E-state index contributed by atoms with van der Waals surface area (Å²) in [6, 6.07) is 5.73. The first-order chi connectivity index (χ1) is 12.2. The molecular formula is C19H24FN3O2. The van der Waals surface area contributed by atoms with Gasteiger partial charge in [-0.05, 0) is 43.9 Å². The van der Waals surface area contributed by atoms with Crippen LogP contribution in [0.15, 0.2) is 23.3 Å². The van der Waals surface area contributed by atoms with Crippen molar-refractivity contribution in [2.75, 3.05) is 13.1 Å². The number of carbonyl (C=O) groups excluding carboxylic acids is 1. The van der Waals surface area contributed by atoms with E-state index in [1.165, 1.54) is 25.3 Å². The van der Waals surface area contributed by atoms with Crippen LogP contribution in [0.1, 0.15) is 50.5 Å². The summed E-state index contributed by atoms with van der Waals surface area (Å²) in [6.45, 7) is 2.09. The van der Waals surface area contributed by atoms with Gasteiger partial charge in [0, 0.05) is 37.5 Å². The van der Waals surface area contributed by atoms with E-state index in [-0.39, 0.29) is 17.8 Å². The summed E-state index contributed by atoms with van der Waals surface area (Å²) < 4.78 is 20.3. The van der Waals surface area contributed by atoms with Gasteiger partial charge in [0.25, 0.3) is 0 Å². The second-order valence-electron chi connectivity index (χ2n) is 7.18. The molecule has 4 rings (SSSR count). The first-order valence-electron chi connectivity index (χ1n) is 9.25. The molecule has 1 aromatic carbocycles. The maximum absolute atomic E-state index is 14.4. The summed E-state index contributed by atoms with van der Waals surface area (Å²) in [4.78, 5) is 13.7. The molecule has 6 heteroatoms. The standard InChI is InChI=1S/C19H24FN3O2/c20-16-12-13(17-5-7-19(24)22-21-17)4-6-18(16)25-15-8-10-23(11-9-15)14-2-1-3-14/h4,6,12,14-15H,1-3,5,7-11H2,(H,22,24). The molecule has 0 aromatic heterocycles. The summed E-state index contributed by atoms with van der Waals surface area (Å²) in [5.74, 6) is -0.151. The zero-order chi connectivity index (χ0) is 17.2. The lowest BCUT2D eigenvalue weighted by Gasteiger charge is -2.41. The number of halogens is 1. The molecule has 2 fully saturated rings. The van der Waals surface area contributed by atoms with Crippen LogP contribution >= 0.6 is 0 Å². The molecule has 3 aliphatic rings. The van der Waals surface area contributed by atoms with Gasteiger partial charge in [0.05, 0.1) is 5.71 Å². The molecule has 1 aromatic rings. The van der Waals surface area contributed by atoms with Crippen molar-refractivity contribution in [2.45, 2.75) is 57.1 Å². The third kappa shape index (κ3) is 3.68. The molecule has 0 spiro atoms. The molecule has 2 aliphatic heterocycles. The smallest absolute Gasteiger partial charge is 0.240 e. The second kappa shape index (κ2) is 7.12. The van der Waals surface area contributed by atoms with Crippen LogP contribution < -0.4 is 10.2 Å². The van der Waals surface area contributed by atoms with Crippen molar-refractivity contribution in [2.24, 2.45) is 5.10 Å². The highest BCUT2D eigenvalue weighted by molar-refractivity contribution is 6.04. The van der Waals surface area contributed by atoms with E-state index in [4.69, 9.17) is 4.74 Å². The van der Waals surface area contributed by atoms with Gasteiger partial charge in [-0.1, -0.05) is 6.42 Å². The van der Waals surface area contributed by atoms with Crippen LogP contribution in [0.3, 0.4) is 0 Å². The van der Waals surface area contributed by atoms with Crippen molar-refractivity contribution in [1.29, 1.82) is 0 Å². The topological polar surface area (TPSA) is 53.9 Å². The fourth-order valence-corrected chi connectivity index (χ4v) is 3.75. The van der Waals surface area contributed by atoms with Gasteiger partial charge < -0.3 is 9.64 Å². The summed E-state index contributed by atoms with van der Waals surface area (Å²) >= 11 is 0. The van der Waals surface area contributed by atoms with E-state index in [9.17, 15) is 9.18 Å². The third-order valence-corrected chi connectivity index (χ3v) is 5.53. The van der Waals surface area contributed by atoms with Crippen molar-refractivity contribution in [3.05, 3.63) is 29.6 Å². The summed E-state index contributed by atoms with van der Waals surface area (Å²) in [6.07, 6.45) is 6.92. The fourth-order valence-electron chi connectivity index (χ4n) is 3.75. The van der Waals surface area contributed by atoms with E-state index >= 15 is 0 Å². The number of amides is 1. The first-order valence-corrected chi connectivity index (χ1v) is 9.25. The molecule has 2 heterocycles. The van der Waals surface area contributed by atoms with Crippen molar-refractivity contribution < 1.29 is 13.9 Å². The number of benzene rings is 1. The Morgan fingerprint density at radius 1 is 1.16 bits per heavy atom. The van der Waals surface area contributed by atoms with Gasteiger partial charge in [0.2, 0.25) is 5.91 Å². The van der Waals surface area contributed by atoms with Crippen molar-refractivity contribution in [3.63, 3.8) is 0 Å². The number of hydrogen-bond acceptors (Lipinski definition) is 4. The average Bonchev–Trinajstić information content (AvgIpc) is 2.57. The zero-order valence-corrected chi connectivity index (χ0v) is 14.3. The Hall–Kier alpha value is -1.95. The molecule has 1 N–H and O–H groups in total. The van der Waals surface area contributed by atoms with Gasteiger partial charge in [-0.25, -0.2) is 9.82 Å². The van der Waals surface area contributed by atoms with E-state index in [0.29, 0.717) is 29.9 Å². The largest absolute Gasteiger partial charge is 0.487 e. The number of hydrazone groups is 1. The molecule has 134 valence electrons. The van der Waals surface area contributed by atoms with Crippen LogP contribution in [0.2, 0.25) is 0 Å². The third-order valence-electron chi connectivity index (χ3n) is 5.53. The number of rotatable bonds is 4. The Morgan fingerprint density at radius 3 is 2.56 bits per heavy atom. The molecule has 25 heavy (non-hydrogen) atoms. The van der Waals surface area contributed by atoms with Crippen LogP contribution in [0.25, 0.3) is 0 Å². The second-order valence-corrected chi connectivity index (χ2v) is 7.18. The van der Waals surface area contributed by atoms with Crippen molar-refractivity contribution >= 4 is 11.6 Å².